The van der Waals surface area contributed by atoms with Gasteiger partial charge in [-0.15, -0.1) is 11.6 Å². The number of nitrogens with one attached hydrogen (secondary N) is 1. The first kappa shape index (κ1) is 18.3. The molecule has 1 N–H and O–H groups in total. The molecule has 0 bridgehead atoms. The van der Waals surface area contributed by atoms with Crippen LogP contribution in [-0.2, 0) is 9.53 Å². The van der Waals surface area contributed by atoms with E-state index in [1.165, 1.54) is 6.92 Å². The van der Waals surface area contributed by atoms with Crippen molar-refractivity contribution in [1.29, 1.82) is 0 Å². The molecule has 0 spiro atoms. The van der Waals surface area contributed by atoms with Crippen LogP contribution in [0.1, 0.15) is 13.8 Å². The highest BCUT2D eigenvalue weighted by Gasteiger charge is 2.22. The van der Waals surface area contributed by atoms with E-state index in [0.717, 1.165) is 18.2 Å². The van der Waals surface area contributed by atoms with Gasteiger partial charge >= 0.3 is 11.7 Å². The predicted molar refractivity (Wildman–Crippen MR) is 82.8 cm³/mol. The van der Waals surface area contributed by atoms with E-state index in [4.69, 9.17) is 16.3 Å². The smallest absolute Gasteiger partial charge is 0.329 e. The summed E-state index contributed by atoms with van der Waals surface area (Å²) in [6, 6.07) is 3.03. The lowest BCUT2D eigenvalue weighted by Crippen LogP contribution is -2.25. The van der Waals surface area contributed by atoms with Crippen LogP contribution in [0.2, 0.25) is 0 Å². The second kappa shape index (κ2) is 8.03. The number of alkyl halides is 1. The molecule has 124 valence electrons. The molecule has 23 heavy (non-hydrogen) atoms. The SMILES string of the molecule is CCOC(=O)C(Cl)/C(C)=N/Nc1ccc([N+](=O)[O-])cc1[N+](=O)[O-]. The summed E-state index contributed by atoms with van der Waals surface area (Å²) in [7, 11) is 0. The molecule has 1 rings (SSSR count). The summed E-state index contributed by atoms with van der Waals surface area (Å²) in [5.74, 6) is -0.699. The van der Waals surface area contributed by atoms with E-state index >= 15 is 0 Å². The van der Waals surface area contributed by atoms with E-state index in [0.29, 0.717) is 0 Å². The number of nitrogens with zero attached hydrogens (tertiary/aromatic N) is 3. The summed E-state index contributed by atoms with van der Waals surface area (Å²) < 4.78 is 4.72. The number of halogens is 1. The van der Waals surface area contributed by atoms with Crippen molar-refractivity contribution in [3.05, 3.63) is 38.4 Å². The topological polar surface area (TPSA) is 137 Å². The Morgan fingerprint density at radius 3 is 2.57 bits per heavy atom. The van der Waals surface area contributed by atoms with Gasteiger partial charge in [0.2, 0.25) is 0 Å². The van der Waals surface area contributed by atoms with Gasteiger partial charge in [0, 0.05) is 6.07 Å². The summed E-state index contributed by atoms with van der Waals surface area (Å²) >= 11 is 5.83. The highest BCUT2D eigenvalue weighted by Crippen LogP contribution is 2.28. The van der Waals surface area contributed by atoms with Crippen molar-refractivity contribution < 1.29 is 19.4 Å². The normalized spacial score (nSPS) is 12.4. The number of hydrogen-bond donors (Lipinski definition) is 1. The molecule has 0 aromatic heterocycles. The average molecular weight is 345 g/mol. The third-order valence-electron chi connectivity index (χ3n) is 2.60. The number of hydrogen-bond acceptors (Lipinski definition) is 8. The molecule has 1 aromatic rings. The minimum absolute atomic E-state index is 0.0762. The monoisotopic (exact) mass is 344 g/mol. The average Bonchev–Trinajstić information content (AvgIpc) is 2.51. The third-order valence-corrected chi connectivity index (χ3v) is 3.10. The number of anilines is 1. The summed E-state index contributed by atoms with van der Waals surface area (Å²) in [6.45, 7) is 3.20. The zero-order valence-electron chi connectivity index (χ0n) is 12.2. The van der Waals surface area contributed by atoms with Crippen molar-refractivity contribution in [2.45, 2.75) is 19.2 Å². The van der Waals surface area contributed by atoms with Crippen LogP contribution in [-0.4, -0.2) is 33.5 Å². The molecular formula is C12H13ClN4O6. The number of carbonyl (C=O) groups is 1. The Morgan fingerprint density at radius 1 is 1.39 bits per heavy atom. The molecule has 1 atom stereocenters. The lowest BCUT2D eigenvalue weighted by Gasteiger charge is -2.09. The zero-order valence-corrected chi connectivity index (χ0v) is 12.9. The fourth-order valence-corrected chi connectivity index (χ4v) is 1.58. The molecule has 0 fully saturated rings. The van der Waals surface area contributed by atoms with Crippen molar-refractivity contribution >= 4 is 40.3 Å². The molecule has 10 nitrogen and oxygen atoms in total. The van der Waals surface area contributed by atoms with Gasteiger partial charge in [0.05, 0.1) is 28.2 Å². The second-order valence-corrected chi connectivity index (χ2v) is 4.63. The lowest BCUT2D eigenvalue weighted by atomic mass is 10.2. The number of ether oxygens (including phenoxy) is 1. The molecule has 0 radical (unpaired) electrons. The van der Waals surface area contributed by atoms with Crippen molar-refractivity contribution in [2.75, 3.05) is 12.0 Å². The Morgan fingerprint density at radius 2 is 2.04 bits per heavy atom. The summed E-state index contributed by atoms with van der Waals surface area (Å²) in [6.07, 6.45) is 0. The van der Waals surface area contributed by atoms with Crippen LogP contribution < -0.4 is 5.43 Å². The first-order valence-corrected chi connectivity index (χ1v) is 6.75. The first-order valence-electron chi connectivity index (χ1n) is 6.31. The van der Waals surface area contributed by atoms with E-state index in [2.05, 4.69) is 10.5 Å². The standard InChI is InChI=1S/C12H13ClN4O6/c1-3-23-12(18)11(13)7(2)14-15-9-5-4-8(16(19)20)6-10(9)17(21)22/h4-6,11,15H,3H2,1-2H3/b14-7+. The molecular weight excluding hydrogens is 332 g/mol. The van der Waals surface area contributed by atoms with Crippen molar-refractivity contribution in [2.24, 2.45) is 5.10 Å². The molecule has 0 aliphatic rings. The number of esters is 1. The number of benzene rings is 1. The highest BCUT2D eigenvalue weighted by atomic mass is 35.5. The Bertz CT molecular complexity index is 663. The van der Waals surface area contributed by atoms with Crippen LogP contribution in [0, 0.1) is 20.2 Å². The Hall–Kier alpha value is -2.75. The quantitative estimate of drug-likeness (QED) is 0.263. The summed E-state index contributed by atoms with van der Waals surface area (Å²) in [4.78, 5) is 31.5. The van der Waals surface area contributed by atoms with Crippen molar-refractivity contribution in [3.8, 4) is 0 Å². The molecule has 0 aliphatic carbocycles. The van der Waals surface area contributed by atoms with E-state index in [9.17, 15) is 25.0 Å². The maximum atomic E-state index is 11.4. The number of hydrazone groups is 1. The molecule has 0 saturated heterocycles. The molecule has 11 heteroatoms. The lowest BCUT2D eigenvalue weighted by molar-refractivity contribution is -0.393. The van der Waals surface area contributed by atoms with Gasteiger partial charge in [0.25, 0.3) is 5.69 Å². The molecule has 1 aromatic carbocycles. The minimum Gasteiger partial charge on any atom is -0.465 e. The number of carbonyl (C=O) groups excluding carboxylic acids is 1. The Kier molecular flexibility index (Phi) is 6.39. The predicted octanol–water partition coefficient (Wildman–Crippen LogP) is 2.46. The molecule has 0 heterocycles. The van der Waals surface area contributed by atoms with Gasteiger partial charge in [-0.25, -0.2) is 0 Å². The van der Waals surface area contributed by atoms with Crippen LogP contribution in [0.4, 0.5) is 17.1 Å². The molecule has 0 amide bonds. The molecule has 1 unspecified atom stereocenters. The largest absolute Gasteiger partial charge is 0.465 e. The van der Waals surface area contributed by atoms with Gasteiger partial charge in [-0.3, -0.25) is 30.4 Å². The number of nitro benzene ring substituents is 2. The van der Waals surface area contributed by atoms with Crippen LogP contribution in [0.15, 0.2) is 23.3 Å². The van der Waals surface area contributed by atoms with E-state index in [-0.39, 0.29) is 18.0 Å². The van der Waals surface area contributed by atoms with Crippen LogP contribution >= 0.6 is 11.6 Å². The zero-order chi connectivity index (χ0) is 17.6. The maximum absolute atomic E-state index is 11.4. The summed E-state index contributed by atoms with van der Waals surface area (Å²) in [5, 5.41) is 24.2. The fourth-order valence-electron chi connectivity index (χ4n) is 1.47. The fraction of sp³-hybridized carbons (Fsp3) is 0.333. The van der Waals surface area contributed by atoms with Gasteiger partial charge in [-0.1, -0.05) is 0 Å². The highest BCUT2D eigenvalue weighted by molar-refractivity contribution is 6.41. The number of rotatable bonds is 7. The molecule has 0 aliphatic heterocycles. The van der Waals surface area contributed by atoms with Gasteiger partial charge in [-0.05, 0) is 19.9 Å². The summed E-state index contributed by atoms with van der Waals surface area (Å²) in [5.41, 5.74) is 1.46. The van der Waals surface area contributed by atoms with Crippen LogP contribution in [0.25, 0.3) is 0 Å². The first-order chi connectivity index (χ1) is 10.8. The Labute approximate surface area is 135 Å². The molecule has 0 saturated carbocycles. The van der Waals surface area contributed by atoms with Gasteiger partial charge in [0.15, 0.2) is 5.38 Å². The van der Waals surface area contributed by atoms with Crippen molar-refractivity contribution in [3.63, 3.8) is 0 Å². The van der Waals surface area contributed by atoms with E-state index in [1.807, 2.05) is 0 Å². The number of nitro groups is 2. The Balaban J connectivity index is 3.00. The maximum Gasteiger partial charge on any atom is 0.329 e. The second-order valence-electron chi connectivity index (χ2n) is 4.20. The third kappa shape index (κ3) is 4.88. The van der Waals surface area contributed by atoms with Gasteiger partial charge in [0.1, 0.15) is 5.69 Å². The minimum atomic E-state index is -1.15. The van der Waals surface area contributed by atoms with Crippen LogP contribution in [0.3, 0.4) is 0 Å². The van der Waals surface area contributed by atoms with Crippen LogP contribution in [0.5, 0.6) is 0 Å². The van der Waals surface area contributed by atoms with E-state index < -0.39 is 32.6 Å². The van der Waals surface area contributed by atoms with Gasteiger partial charge < -0.3 is 4.74 Å². The van der Waals surface area contributed by atoms with Crippen molar-refractivity contribution in [1.82, 2.24) is 0 Å². The van der Waals surface area contributed by atoms with Gasteiger partial charge in [-0.2, -0.15) is 5.10 Å². The number of non-ortho nitro benzene ring substituents is 1. The van der Waals surface area contributed by atoms with E-state index in [1.54, 1.807) is 6.92 Å².